The van der Waals surface area contributed by atoms with Crippen LogP contribution in [0.4, 0.5) is 5.69 Å². The molecule has 3 rings (SSSR count). The average Bonchev–Trinajstić information content (AvgIpc) is 3.01. The van der Waals surface area contributed by atoms with Crippen LogP contribution in [-0.4, -0.2) is 27.6 Å². The van der Waals surface area contributed by atoms with Crippen LogP contribution in [0.3, 0.4) is 0 Å². The number of hydrazine groups is 1. The summed E-state index contributed by atoms with van der Waals surface area (Å²) >= 11 is 6.67. The Bertz CT molecular complexity index is 972. The fraction of sp³-hybridized carbons (Fsp3) is 0.174. The molecule has 0 saturated carbocycles. The Hall–Kier alpha value is -2.90. The first-order valence-electron chi connectivity index (χ1n) is 9.61. The molecule has 0 spiro atoms. The minimum atomic E-state index is -0.138. The third kappa shape index (κ3) is 6.30. The summed E-state index contributed by atoms with van der Waals surface area (Å²) in [5.41, 5.74) is 8.39. The lowest BCUT2D eigenvalue weighted by Crippen LogP contribution is -2.32. The van der Waals surface area contributed by atoms with E-state index >= 15 is 0 Å². The molecular formula is C23H23N3O2S2. The van der Waals surface area contributed by atoms with E-state index in [9.17, 15) is 9.59 Å². The quantitative estimate of drug-likeness (QED) is 0.354. The molecule has 154 valence electrons. The Labute approximate surface area is 186 Å². The Morgan fingerprint density at radius 2 is 1.77 bits per heavy atom. The van der Waals surface area contributed by atoms with Crippen LogP contribution in [0.15, 0.2) is 77.2 Å². The van der Waals surface area contributed by atoms with Crippen LogP contribution < -0.4 is 10.9 Å². The zero-order valence-corrected chi connectivity index (χ0v) is 18.3. The highest BCUT2D eigenvalue weighted by molar-refractivity contribution is 8.26. The van der Waals surface area contributed by atoms with E-state index in [1.807, 2.05) is 79.7 Å². The van der Waals surface area contributed by atoms with Crippen molar-refractivity contribution in [2.24, 2.45) is 0 Å². The SMILES string of the molecule is CC(/C=C1\SC(=S)N(CCCC(=O)NNc2ccccc2)C1=O)=C\c1ccccc1. The topological polar surface area (TPSA) is 61.4 Å². The van der Waals surface area contributed by atoms with E-state index in [0.29, 0.717) is 28.6 Å². The van der Waals surface area contributed by atoms with Gasteiger partial charge >= 0.3 is 0 Å². The average molecular weight is 438 g/mol. The van der Waals surface area contributed by atoms with Crippen LogP contribution in [0.1, 0.15) is 25.3 Å². The number of rotatable bonds is 8. The Morgan fingerprint density at radius 1 is 1.10 bits per heavy atom. The van der Waals surface area contributed by atoms with E-state index in [-0.39, 0.29) is 11.8 Å². The molecule has 0 atom stereocenters. The molecule has 30 heavy (non-hydrogen) atoms. The number of hydrogen-bond donors (Lipinski definition) is 2. The van der Waals surface area contributed by atoms with E-state index in [1.54, 1.807) is 4.90 Å². The number of nitrogens with one attached hydrogen (secondary N) is 2. The molecule has 1 fully saturated rings. The number of nitrogens with zero attached hydrogens (tertiary/aromatic N) is 1. The predicted molar refractivity (Wildman–Crippen MR) is 128 cm³/mol. The van der Waals surface area contributed by atoms with Crippen molar-refractivity contribution in [2.75, 3.05) is 12.0 Å². The summed E-state index contributed by atoms with van der Waals surface area (Å²) in [6.45, 7) is 2.38. The Kier molecular flexibility index (Phi) is 7.82. The lowest BCUT2D eigenvalue weighted by atomic mass is 10.1. The van der Waals surface area contributed by atoms with Crippen molar-refractivity contribution in [3.8, 4) is 0 Å². The molecule has 0 unspecified atom stereocenters. The highest BCUT2D eigenvalue weighted by Gasteiger charge is 2.31. The molecule has 5 nitrogen and oxygen atoms in total. The van der Waals surface area contributed by atoms with E-state index in [1.165, 1.54) is 11.8 Å². The van der Waals surface area contributed by atoms with Crippen LogP contribution in [-0.2, 0) is 9.59 Å². The van der Waals surface area contributed by atoms with Crippen LogP contribution in [0.5, 0.6) is 0 Å². The van der Waals surface area contributed by atoms with Gasteiger partial charge in [0.1, 0.15) is 4.32 Å². The van der Waals surface area contributed by atoms with Gasteiger partial charge in [-0.05, 0) is 42.7 Å². The first kappa shape index (κ1) is 21.8. The van der Waals surface area contributed by atoms with Gasteiger partial charge in [0.15, 0.2) is 0 Å². The number of allylic oxidation sites excluding steroid dienone is 2. The summed E-state index contributed by atoms with van der Waals surface area (Å²) in [6, 6.07) is 19.3. The monoisotopic (exact) mass is 437 g/mol. The number of thioether (sulfide) groups is 1. The number of hydrogen-bond acceptors (Lipinski definition) is 5. The van der Waals surface area contributed by atoms with Gasteiger partial charge in [0.25, 0.3) is 5.91 Å². The molecule has 0 bridgehead atoms. The first-order chi connectivity index (χ1) is 14.5. The van der Waals surface area contributed by atoms with Crippen molar-refractivity contribution in [1.82, 2.24) is 10.3 Å². The lowest BCUT2D eigenvalue weighted by molar-refractivity contribution is -0.123. The maximum absolute atomic E-state index is 12.7. The first-order valence-corrected chi connectivity index (χ1v) is 10.8. The molecular weight excluding hydrogens is 414 g/mol. The minimum Gasteiger partial charge on any atom is -0.299 e. The van der Waals surface area contributed by atoms with Gasteiger partial charge < -0.3 is 0 Å². The smallest absolute Gasteiger partial charge is 0.266 e. The molecule has 7 heteroatoms. The van der Waals surface area contributed by atoms with Gasteiger partial charge in [-0.1, -0.05) is 78.6 Å². The number of thiocarbonyl (C=S) groups is 1. The summed E-state index contributed by atoms with van der Waals surface area (Å²) in [7, 11) is 0. The van der Waals surface area contributed by atoms with Crippen molar-refractivity contribution in [1.29, 1.82) is 0 Å². The van der Waals surface area contributed by atoms with Crippen molar-refractivity contribution < 1.29 is 9.59 Å². The second-order valence-corrected chi connectivity index (χ2v) is 8.45. The van der Waals surface area contributed by atoms with E-state index < -0.39 is 0 Å². The van der Waals surface area contributed by atoms with Gasteiger partial charge in [0.05, 0.1) is 10.6 Å². The normalized spacial score (nSPS) is 15.6. The highest BCUT2D eigenvalue weighted by Crippen LogP contribution is 2.32. The van der Waals surface area contributed by atoms with Crippen LogP contribution in [0.25, 0.3) is 6.08 Å². The Morgan fingerprint density at radius 3 is 2.47 bits per heavy atom. The van der Waals surface area contributed by atoms with Crippen LogP contribution in [0, 0.1) is 0 Å². The summed E-state index contributed by atoms with van der Waals surface area (Å²) in [5, 5.41) is 0. The van der Waals surface area contributed by atoms with Gasteiger partial charge in [-0.25, -0.2) is 0 Å². The largest absolute Gasteiger partial charge is 0.299 e. The summed E-state index contributed by atoms with van der Waals surface area (Å²) in [5.74, 6) is -0.241. The minimum absolute atomic E-state index is 0.103. The number of amides is 2. The van der Waals surface area contributed by atoms with E-state index in [4.69, 9.17) is 12.2 Å². The van der Waals surface area contributed by atoms with Crippen molar-refractivity contribution in [3.63, 3.8) is 0 Å². The summed E-state index contributed by atoms with van der Waals surface area (Å²) in [4.78, 5) is 26.9. The maximum Gasteiger partial charge on any atom is 0.266 e. The third-order valence-corrected chi connectivity index (χ3v) is 5.71. The molecule has 2 N–H and O–H groups in total. The molecule has 0 radical (unpaired) electrons. The molecule has 1 aliphatic heterocycles. The van der Waals surface area contributed by atoms with Crippen LogP contribution >= 0.6 is 24.0 Å². The highest BCUT2D eigenvalue weighted by atomic mass is 32.2. The number of anilines is 1. The molecule has 2 aromatic rings. The third-order valence-electron chi connectivity index (χ3n) is 4.33. The predicted octanol–water partition coefficient (Wildman–Crippen LogP) is 4.76. The summed E-state index contributed by atoms with van der Waals surface area (Å²) < 4.78 is 0.529. The standard InChI is InChI=1S/C23H23N3O2S2/c1-17(15-18-9-4-2-5-10-18)16-20-22(28)26(23(29)30-20)14-8-13-21(27)25-24-19-11-6-3-7-12-19/h2-7,9-12,15-16,24H,8,13-14H2,1H3,(H,25,27)/b17-15+,20-16-. The van der Waals surface area contributed by atoms with Crippen LogP contribution in [0.2, 0.25) is 0 Å². The van der Waals surface area contributed by atoms with E-state index in [2.05, 4.69) is 10.9 Å². The number of carbonyl (C=O) groups excluding carboxylic acids is 2. The molecule has 2 aromatic carbocycles. The zero-order chi connectivity index (χ0) is 21.3. The maximum atomic E-state index is 12.7. The number of benzene rings is 2. The molecule has 1 saturated heterocycles. The number of para-hydroxylation sites is 1. The Balaban J connectivity index is 1.49. The molecule has 0 aromatic heterocycles. The van der Waals surface area contributed by atoms with Crippen molar-refractivity contribution in [3.05, 3.63) is 82.8 Å². The van der Waals surface area contributed by atoms with E-state index in [0.717, 1.165) is 16.8 Å². The fourth-order valence-electron chi connectivity index (χ4n) is 2.88. The zero-order valence-electron chi connectivity index (χ0n) is 16.6. The molecule has 0 aliphatic carbocycles. The van der Waals surface area contributed by atoms with Crippen molar-refractivity contribution >= 4 is 51.9 Å². The summed E-state index contributed by atoms with van der Waals surface area (Å²) in [6.07, 6.45) is 4.71. The van der Waals surface area contributed by atoms with Gasteiger partial charge in [-0.3, -0.25) is 25.3 Å². The molecule has 2 amide bonds. The molecule has 1 aliphatic rings. The number of carbonyl (C=O) groups is 2. The van der Waals surface area contributed by atoms with Gasteiger partial charge in [0.2, 0.25) is 5.91 Å². The molecule has 1 heterocycles. The van der Waals surface area contributed by atoms with Gasteiger partial charge in [-0.15, -0.1) is 0 Å². The fourth-order valence-corrected chi connectivity index (χ4v) is 4.24. The second kappa shape index (κ2) is 10.8. The second-order valence-electron chi connectivity index (χ2n) is 6.78. The lowest BCUT2D eigenvalue weighted by Gasteiger charge is -2.14. The van der Waals surface area contributed by atoms with Gasteiger partial charge in [-0.2, -0.15) is 0 Å². The van der Waals surface area contributed by atoms with Gasteiger partial charge in [0, 0.05) is 13.0 Å². The van der Waals surface area contributed by atoms with Crippen molar-refractivity contribution in [2.45, 2.75) is 19.8 Å².